The minimum atomic E-state index is -3.63. The van der Waals surface area contributed by atoms with Gasteiger partial charge in [0, 0.05) is 51.9 Å². The highest BCUT2D eigenvalue weighted by atomic mass is 32.2. The number of benzene rings is 1. The summed E-state index contributed by atoms with van der Waals surface area (Å²) in [5.74, 6) is -0.212. The van der Waals surface area contributed by atoms with E-state index >= 15 is 0 Å². The van der Waals surface area contributed by atoms with E-state index in [1.807, 2.05) is 0 Å². The van der Waals surface area contributed by atoms with Crippen LogP contribution in [0.25, 0.3) is 0 Å². The molecule has 4 rings (SSSR count). The number of sulfonamides is 1. The second-order valence-corrected chi connectivity index (χ2v) is 10.1. The first-order valence-electron chi connectivity index (χ1n) is 10.7. The molecule has 1 amide bonds. The molecule has 31 heavy (non-hydrogen) atoms. The molecule has 0 radical (unpaired) electrons. The second-order valence-electron chi connectivity index (χ2n) is 8.19. The minimum Gasteiger partial charge on any atom is -0.455 e. The largest absolute Gasteiger partial charge is 0.455 e. The van der Waals surface area contributed by atoms with E-state index in [4.69, 9.17) is 4.42 Å². The van der Waals surface area contributed by atoms with Gasteiger partial charge in [-0.25, -0.2) is 12.8 Å². The summed E-state index contributed by atoms with van der Waals surface area (Å²) in [4.78, 5) is 17.1. The lowest BCUT2D eigenvalue weighted by atomic mass is 10.2. The first-order valence-corrected chi connectivity index (χ1v) is 12.2. The van der Waals surface area contributed by atoms with Gasteiger partial charge in [-0.1, -0.05) is 12.1 Å². The van der Waals surface area contributed by atoms with Crippen molar-refractivity contribution < 1.29 is 22.0 Å². The van der Waals surface area contributed by atoms with Crippen molar-refractivity contribution in [2.45, 2.75) is 37.6 Å². The predicted molar refractivity (Wildman–Crippen MR) is 114 cm³/mol. The van der Waals surface area contributed by atoms with Gasteiger partial charge in [-0.05, 0) is 43.9 Å². The molecule has 0 atom stereocenters. The van der Waals surface area contributed by atoms with E-state index in [-0.39, 0.29) is 28.1 Å². The molecule has 0 spiro atoms. The number of furan rings is 1. The molecule has 1 aromatic heterocycles. The fourth-order valence-electron chi connectivity index (χ4n) is 4.23. The summed E-state index contributed by atoms with van der Waals surface area (Å²) in [7, 11) is -3.63. The van der Waals surface area contributed by atoms with E-state index < -0.39 is 10.0 Å². The second kappa shape index (κ2) is 9.10. The molecule has 2 aromatic rings. The molecule has 3 heterocycles. The topological polar surface area (TPSA) is 74.1 Å². The van der Waals surface area contributed by atoms with Gasteiger partial charge in [-0.15, -0.1) is 0 Å². The standard InChI is InChI=1S/C22H28FN3O4S/c1-17-21(31(28,29)26-11-2-3-12-26)15-20(30-17)22(27)25-10-4-9-24(13-14-25)16-18-5-7-19(23)8-6-18/h5-8,15H,2-4,9-14,16H2,1H3. The summed E-state index contributed by atoms with van der Waals surface area (Å²) in [6.45, 7) is 5.90. The Kier molecular flexibility index (Phi) is 6.45. The Labute approximate surface area is 182 Å². The van der Waals surface area contributed by atoms with Crippen LogP contribution < -0.4 is 0 Å². The lowest BCUT2D eigenvalue weighted by Gasteiger charge is -2.21. The van der Waals surface area contributed by atoms with Crippen molar-refractivity contribution in [2.24, 2.45) is 0 Å². The number of amides is 1. The summed E-state index contributed by atoms with van der Waals surface area (Å²) in [5.41, 5.74) is 1.03. The third kappa shape index (κ3) is 4.83. The predicted octanol–water partition coefficient (Wildman–Crippen LogP) is 2.86. The van der Waals surface area contributed by atoms with Crippen molar-refractivity contribution in [3.63, 3.8) is 0 Å². The monoisotopic (exact) mass is 449 g/mol. The molecule has 0 unspecified atom stereocenters. The van der Waals surface area contributed by atoms with Crippen molar-refractivity contribution in [3.8, 4) is 0 Å². The molecular formula is C22H28FN3O4S. The zero-order chi connectivity index (χ0) is 22.0. The Hall–Kier alpha value is -2.23. The van der Waals surface area contributed by atoms with Gasteiger partial charge in [0.05, 0.1) is 0 Å². The number of halogens is 1. The van der Waals surface area contributed by atoms with Crippen LogP contribution in [0.15, 0.2) is 39.6 Å². The van der Waals surface area contributed by atoms with E-state index in [0.717, 1.165) is 31.4 Å². The summed E-state index contributed by atoms with van der Waals surface area (Å²) in [5, 5.41) is 0. The molecule has 0 bridgehead atoms. The minimum absolute atomic E-state index is 0.0715. The number of aryl methyl sites for hydroxylation is 1. The average molecular weight is 450 g/mol. The van der Waals surface area contributed by atoms with E-state index in [1.54, 1.807) is 24.0 Å². The molecule has 9 heteroatoms. The van der Waals surface area contributed by atoms with Crippen LogP contribution in [0, 0.1) is 12.7 Å². The summed E-state index contributed by atoms with van der Waals surface area (Å²) in [6, 6.07) is 7.84. The molecular weight excluding hydrogens is 421 g/mol. The number of nitrogens with zero attached hydrogens (tertiary/aromatic N) is 3. The van der Waals surface area contributed by atoms with E-state index in [1.165, 1.54) is 22.5 Å². The number of carbonyl (C=O) groups excluding carboxylic acids is 1. The highest BCUT2D eigenvalue weighted by molar-refractivity contribution is 7.89. The Morgan fingerprint density at radius 2 is 1.71 bits per heavy atom. The molecule has 0 saturated carbocycles. The maximum absolute atomic E-state index is 13.1. The number of hydrogen-bond donors (Lipinski definition) is 0. The number of hydrogen-bond acceptors (Lipinski definition) is 5. The van der Waals surface area contributed by atoms with Crippen molar-refractivity contribution in [1.29, 1.82) is 0 Å². The Morgan fingerprint density at radius 1 is 1.00 bits per heavy atom. The zero-order valence-corrected chi connectivity index (χ0v) is 18.5. The Balaban J connectivity index is 1.42. The first-order chi connectivity index (χ1) is 14.8. The summed E-state index contributed by atoms with van der Waals surface area (Å²) in [6.07, 6.45) is 2.50. The molecule has 0 aliphatic carbocycles. The highest BCUT2D eigenvalue weighted by Crippen LogP contribution is 2.27. The third-order valence-corrected chi connectivity index (χ3v) is 7.97. The van der Waals surface area contributed by atoms with Gasteiger partial charge in [0.25, 0.3) is 5.91 Å². The maximum Gasteiger partial charge on any atom is 0.289 e. The molecule has 2 aliphatic rings. The fourth-order valence-corrected chi connectivity index (χ4v) is 5.91. The third-order valence-electron chi connectivity index (χ3n) is 5.96. The number of rotatable bonds is 5. The van der Waals surface area contributed by atoms with Gasteiger partial charge in [-0.3, -0.25) is 9.69 Å². The Bertz CT molecular complexity index is 1030. The van der Waals surface area contributed by atoms with Crippen LogP contribution >= 0.6 is 0 Å². The van der Waals surface area contributed by atoms with Gasteiger partial charge in [0.15, 0.2) is 5.76 Å². The molecule has 168 valence electrons. The fraction of sp³-hybridized carbons (Fsp3) is 0.500. The van der Waals surface area contributed by atoms with Crippen LogP contribution in [-0.2, 0) is 16.6 Å². The summed E-state index contributed by atoms with van der Waals surface area (Å²) < 4.78 is 45.9. The normalized spacial score (nSPS) is 19.0. The van der Waals surface area contributed by atoms with E-state index in [9.17, 15) is 17.6 Å². The molecule has 0 N–H and O–H groups in total. The SMILES string of the molecule is Cc1oc(C(=O)N2CCCN(Cc3ccc(F)cc3)CC2)cc1S(=O)(=O)N1CCCC1. The van der Waals surface area contributed by atoms with Crippen molar-refractivity contribution in [2.75, 3.05) is 39.3 Å². The molecule has 1 aromatic carbocycles. The van der Waals surface area contributed by atoms with Gasteiger partial charge in [0.2, 0.25) is 10.0 Å². The van der Waals surface area contributed by atoms with Crippen LogP contribution in [0.4, 0.5) is 4.39 Å². The van der Waals surface area contributed by atoms with Crippen LogP contribution in [0.3, 0.4) is 0 Å². The quantitative estimate of drug-likeness (QED) is 0.702. The molecule has 2 fully saturated rings. The van der Waals surface area contributed by atoms with Crippen LogP contribution in [-0.4, -0.2) is 67.7 Å². The van der Waals surface area contributed by atoms with Crippen molar-refractivity contribution in [3.05, 3.63) is 53.2 Å². The molecule has 2 aliphatic heterocycles. The average Bonchev–Trinajstić information content (AvgIpc) is 3.36. The lowest BCUT2D eigenvalue weighted by molar-refractivity contribution is 0.0727. The maximum atomic E-state index is 13.1. The van der Waals surface area contributed by atoms with Gasteiger partial charge >= 0.3 is 0 Å². The lowest BCUT2D eigenvalue weighted by Crippen LogP contribution is -2.35. The van der Waals surface area contributed by atoms with E-state index in [2.05, 4.69) is 4.90 Å². The molecule has 7 nitrogen and oxygen atoms in total. The first kappa shape index (κ1) is 22.0. The van der Waals surface area contributed by atoms with Gasteiger partial charge < -0.3 is 9.32 Å². The van der Waals surface area contributed by atoms with Crippen LogP contribution in [0.2, 0.25) is 0 Å². The number of carbonyl (C=O) groups is 1. The van der Waals surface area contributed by atoms with Crippen molar-refractivity contribution in [1.82, 2.24) is 14.1 Å². The summed E-state index contributed by atoms with van der Waals surface area (Å²) >= 11 is 0. The van der Waals surface area contributed by atoms with Crippen LogP contribution in [0.5, 0.6) is 0 Å². The molecule has 2 saturated heterocycles. The van der Waals surface area contributed by atoms with E-state index in [0.29, 0.717) is 39.3 Å². The highest BCUT2D eigenvalue weighted by Gasteiger charge is 2.32. The zero-order valence-electron chi connectivity index (χ0n) is 17.7. The van der Waals surface area contributed by atoms with Gasteiger partial charge in [0.1, 0.15) is 16.5 Å². The van der Waals surface area contributed by atoms with Gasteiger partial charge in [-0.2, -0.15) is 4.31 Å². The van der Waals surface area contributed by atoms with Crippen LogP contribution in [0.1, 0.15) is 41.1 Å². The smallest absolute Gasteiger partial charge is 0.289 e. The Morgan fingerprint density at radius 3 is 2.42 bits per heavy atom. The van der Waals surface area contributed by atoms with Crippen molar-refractivity contribution >= 4 is 15.9 Å².